The zero-order valence-corrected chi connectivity index (χ0v) is 14.0. The fraction of sp³-hybridized carbons (Fsp3) is 0.214. The van der Waals surface area contributed by atoms with Crippen LogP contribution in [0.3, 0.4) is 0 Å². The molecular formula is C14H11ClF3N3O3S. The summed E-state index contributed by atoms with van der Waals surface area (Å²) >= 11 is 5.59. The molecule has 0 fully saturated rings. The maximum absolute atomic E-state index is 12.4. The van der Waals surface area contributed by atoms with E-state index in [2.05, 4.69) is 15.3 Å². The molecule has 134 valence electrons. The zero-order chi connectivity index (χ0) is 18.7. The van der Waals surface area contributed by atoms with Crippen LogP contribution in [0.4, 0.5) is 13.2 Å². The van der Waals surface area contributed by atoms with Crippen molar-refractivity contribution in [2.24, 2.45) is 0 Å². The third kappa shape index (κ3) is 5.13. The Bertz CT molecular complexity index is 854. The van der Waals surface area contributed by atoms with Crippen molar-refractivity contribution in [1.29, 1.82) is 0 Å². The van der Waals surface area contributed by atoms with Crippen LogP contribution in [0.1, 0.15) is 15.9 Å². The van der Waals surface area contributed by atoms with Crippen molar-refractivity contribution in [3.05, 3.63) is 52.9 Å². The number of aromatic nitrogens is 2. The lowest BCUT2D eigenvalue weighted by Gasteiger charge is -2.08. The SMILES string of the molecule is O=C(NCCS(=O)(=O)c1ccc(C(F)(F)F)cn1)c1ccc(Cl)nc1. The van der Waals surface area contributed by atoms with Gasteiger partial charge in [-0.1, -0.05) is 11.6 Å². The summed E-state index contributed by atoms with van der Waals surface area (Å²) in [6.45, 7) is -0.244. The van der Waals surface area contributed by atoms with E-state index in [1.54, 1.807) is 0 Å². The molecule has 1 N–H and O–H groups in total. The predicted octanol–water partition coefficient (Wildman–Crippen LogP) is 2.35. The van der Waals surface area contributed by atoms with E-state index < -0.39 is 38.3 Å². The topological polar surface area (TPSA) is 89.0 Å². The molecule has 0 unspecified atom stereocenters. The first-order chi connectivity index (χ1) is 11.6. The number of hydrogen-bond acceptors (Lipinski definition) is 5. The number of halogens is 4. The fourth-order valence-electron chi connectivity index (χ4n) is 1.75. The number of alkyl halides is 3. The minimum Gasteiger partial charge on any atom is -0.351 e. The standard InChI is InChI=1S/C14H11ClF3N3O3S/c15-11-3-1-9(7-20-11)13(22)19-5-6-25(23,24)12-4-2-10(8-21-12)14(16,17)18/h1-4,7-8H,5-6H2,(H,19,22). The molecule has 25 heavy (non-hydrogen) atoms. The number of nitrogens with one attached hydrogen (secondary N) is 1. The van der Waals surface area contributed by atoms with Crippen LogP contribution >= 0.6 is 11.6 Å². The molecule has 2 aromatic rings. The van der Waals surface area contributed by atoms with Gasteiger partial charge in [0.05, 0.1) is 16.9 Å². The van der Waals surface area contributed by atoms with Gasteiger partial charge >= 0.3 is 6.18 Å². The Morgan fingerprint density at radius 3 is 2.36 bits per heavy atom. The normalized spacial score (nSPS) is 12.0. The summed E-state index contributed by atoms with van der Waals surface area (Å²) in [7, 11) is -3.94. The van der Waals surface area contributed by atoms with Crippen molar-refractivity contribution >= 4 is 27.3 Å². The quantitative estimate of drug-likeness (QED) is 0.788. The highest BCUT2D eigenvalue weighted by atomic mass is 35.5. The van der Waals surface area contributed by atoms with Crippen molar-refractivity contribution in [2.75, 3.05) is 12.3 Å². The molecule has 0 saturated heterocycles. The van der Waals surface area contributed by atoms with E-state index in [4.69, 9.17) is 11.6 Å². The first-order valence-corrected chi connectivity index (χ1v) is 8.78. The van der Waals surface area contributed by atoms with Gasteiger partial charge in [-0.15, -0.1) is 0 Å². The molecule has 11 heteroatoms. The molecule has 0 saturated carbocycles. The highest BCUT2D eigenvalue weighted by Gasteiger charge is 2.31. The van der Waals surface area contributed by atoms with Crippen molar-refractivity contribution in [1.82, 2.24) is 15.3 Å². The average Bonchev–Trinajstić information content (AvgIpc) is 2.54. The Morgan fingerprint density at radius 2 is 1.84 bits per heavy atom. The van der Waals surface area contributed by atoms with E-state index in [1.807, 2.05) is 0 Å². The average molecular weight is 394 g/mol. The van der Waals surface area contributed by atoms with Gasteiger partial charge in [-0.05, 0) is 24.3 Å². The summed E-state index contributed by atoms with van der Waals surface area (Å²) in [6.07, 6.45) is -2.93. The number of nitrogens with zero attached hydrogens (tertiary/aromatic N) is 2. The van der Waals surface area contributed by atoms with Crippen LogP contribution in [-0.4, -0.2) is 36.6 Å². The van der Waals surface area contributed by atoms with Gasteiger partial charge in [0.2, 0.25) is 0 Å². The predicted molar refractivity (Wildman–Crippen MR) is 82.9 cm³/mol. The highest BCUT2D eigenvalue weighted by Crippen LogP contribution is 2.28. The molecular weight excluding hydrogens is 383 g/mol. The largest absolute Gasteiger partial charge is 0.417 e. The lowest BCUT2D eigenvalue weighted by molar-refractivity contribution is -0.137. The second-order valence-electron chi connectivity index (χ2n) is 4.83. The second-order valence-corrected chi connectivity index (χ2v) is 7.27. The maximum Gasteiger partial charge on any atom is 0.417 e. The van der Waals surface area contributed by atoms with Gasteiger partial charge in [-0.3, -0.25) is 4.79 Å². The molecule has 1 amide bonds. The summed E-state index contributed by atoms with van der Waals surface area (Å²) in [6, 6.07) is 4.23. The Balaban J connectivity index is 1.97. The van der Waals surface area contributed by atoms with Crippen LogP contribution in [0.5, 0.6) is 0 Å². The van der Waals surface area contributed by atoms with Gasteiger partial charge < -0.3 is 5.32 Å². The van der Waals surface area contributed by atoms with E-state index in [0.717, 1.165) is 6.07 Å². The number of carbonyl (C=O) groups is 1. The molecule has 0 aromatic carbocycles. The van der Waals surface area contributed by atoms with E-state index in [1.165, 1.54) is 18.3 Å². The van der Waals surface area contributed by atoms with E-state index in [9.17, 15) is 26.4 Å². The first kappa shape index (κ1) is 19.1. The van der Waals surface area contributed by atoms with Crippen molar-refractivity contribution in [3.8, 4) is 0 Å². The first-order valence-electron chi connectivity index (χ1n) is 6.75. The van der Waals surface area contributed by atoms with Crippen LogP contribution in [0.25, 0.3) is 0 Å². The summed E-state index contributed by atoms with van der Waals surface area (Å²) in [5.74, 6) is -1.07. The van der Waals surface area contributed by atoms with Gasteiger partial charge in [0.25, 0.3) is 5.91 Å². The molecule has 0 atom stereocenters. The van der Waals surface area contributed by atoms with E-state index in [-0.39, 0.29) is 17.3 Å². The van der Waals surface area contributed by atoms with Crippen LogP contribution < -0.4 is 5.32 Å². The molecule has 0 aliphatic rings. The van der Waals surface area contributed by atoms with E-state index >= 15 is 0 Å². The molecule has 2 rings (SSSR count). The van der Waals surface area contributed by atoms with Crippen molar-refractivity contribution in [3.63, 3.8) is 0 Å². The number of hydrogen-bond donors (Lipinski definition) is 1. The second kappa shape index (κ2) is 7.36. The molecule has 0 aliphatic carbocycles. The zero-order valence-electron chi connectivity index (χ0n) is 12.4. The molecule has 2 heterocycles. The maximum atomic E-state index is 12.4. The molecule has 2 aromatic heterocycles. The lowest BCUT2D eigenvalue weighted by atomic mass is 10.3. The molecule has 0 bridgehead atoms. The van der Waals surface area contributed by atoms with Crippen LogP contribution in [0, 0.1) is 0 Å². The van der Waals surface area contributed by atoms with E-state index in [0.29, 0.717) is 12.3 Å². The molecule has 0 radical (unpaired) electrons. The molecule has 0 aliphatic heterocycles. The summed E-state index contributed by atoms with van der Waals surface area (Å²) < 4.78 is 61.4. The van der Waals surface area contributed by atoms with Crippen LogP contribution in [-0.2, 0) is 16.0 Å². The van der Waals surface area contributed by atoms with Gasteiger partial charge in [0, 0.05) is 18.9 Å². The summed E-state index contributed by atoms with van der Waals surface area (Å²) in [4.78, 5) is 18.9. The Hall–Kier alpha value is -2.20. The molecule has 6 nitrogen and oxygen atoms in total. The lowest BCUT2D eigenvalue weighted by Crippen LogP contribution is -2.29. The third-order valence-corrected chi connectivity index (χ3v) is 4.87. The number of amides is 1. The number of carbonyl (C=O) groups excluding carboxylic acids is 1. The Morgan fingerprint density at radius 1 is 1.12 bits per heavy atom. The number of rotatable bonds is 5. The van der Waals surface area contributed by atoms with Gasteiger partial charge in [-0.2, -0.15) is 13.2 Å². The Labute approximate surface area is 146 Å². The third-order valence-electron chi connectivity index (χ3n) is 3.03. The monoisotopic (exact) mass is 393 g/mol. The smallest absolute Gasteiger partial charge is 0.351 e. The van der Waals surface area contributed by atoms with Crippen molar-refractivity contribution in [2.45, 2.75) is 11.2 Å². The van der Waals surface area contributed by atoms with Gasteiger partial charge in [0.1, 0.15) is 5.15 Å². The minimum absolute atomic E-state index is 0.189. The van der Waals surface area contributed by atoms with Gasteiger partial charge in [-0.25, -0.2) is 18.4 Å². The van der Waals surface area contributed by atoms with Gasteiger partial charge in [0.15, 0.2) is 14.9 Å². The number of pyridine rings is 2. The Kier molecular flexibility index (Phi) is 5.63. The summed E-state index contributed by atoms with van der Waals surface area (Å²) in [5.41, 5.74) is -0.857. The highest BCUT2D eigenvalue weighted by molar-refractivity contribution is 7.91. The molecule has 0 spiro atoms. The summed E-state index contributed by atoms with van der Waals surface area (Å²) in [5, 5.41) is 2.08. The van der Waals surface area contributed by atoms with Crippen LogP contribution in [0.2, 0.25) is 5.15 Å². The minimum atomic E-state index is -4.60. The van der Waals surface area contributed by atoms with Crippen molar-refractivity contribution < 1.29 is 26.4 Å². The van der Waals surface area contributed by atoms with Crippen LogP contribution in [0.15, 0.2) is 41.7 Å². The number of sulfone groups is 1. The fourth-order valence-corrected chi connectivity index (χ4v) is 2.93.